The number of nitrogens with one attached hydrogen (secondary N) is 2. The summed E-state index contributed by atoms with van der Waals surface area (Å²) in [6.45, 7) is 1.42. The molecule has 0 fully saturated rings. The van der Waals surface area contributed by atoms with Crippen LogP contribution < -0.4 is 10.6 Å². The molecule has 0 aliphatic rings. The summed E-state index contributed by atoms with van der Waals surface area (Å²) >= 11 is 0. The fourth-order valence-electron chi connectivity index (χ4n) is 2.39. The van der Waals surface area contributed by atoms with Gasteiger partial charge < -0.3 is 15.5 Å². The number of likely N-dealkylation sites (N-methyl/N-ethyl adjacent to an activating group) is 1. The number of hydrogen-bond donors (Lipinski definition) is 2. The topological polar surface area (TPSA) is 61.4 Å². The van der Waals surface area contributed by atoms with Gasteiger partial charge >= 0.3 is 6.03 Å². The second-order valence-corrected chi connectivity index (χ2v) is 6.01. The maximum atomic E-state index is 13.8. The number of hydrogen-bond acceptors (Lipinski definition) is 2. The zero-order chi connectivity index (χ0) is 20.0. The first-order chi connectivity index (χ1) is 12.8. The van der Waals surface area contributed by atoms with Gasteiger partial charge in [-0.15, -0.1) is 0 Å². The van der Waals surface area contributed by atoms with Crippen molar-refractivity contribution in [2.75, 3.05) is 13.6 Å². The largest absolute Gasteiger partial charge is 0.337 e. The van der Waals surface area contributed by atoms with Gasteiger partial charge in [-0.1, -0.05) is 12.1 Å². The second-order valence-electron chi connectivity index (χ2n) is 6.01. The van der Waals surface area contributed by atoms with Gasteiger partial charge in [0.05, 0.1) is 12.6 Å². The first kappa shape index (κ1) is 20.3. The molecule has 5 nitrogen and oxygen atoms in total. The summed E-state index contributed by atoms with van der Waals surface area (Å²) < 4.78 is 40.0. The molecular formula is C19H20F3N3O2. The zero-order valence-corrected chi connectivity index (χ0v) is 14.9. The highest BCUT2D eigenvalue weighted by Gasteiger charge is 2.21. The first-order valence-corrected chi connectivity index (χ1v) is 8.24. The maximum absolute atomic E-state index is 13.8. The predicted octanol–water partition coefficient (Wildman–Crippen LogP) is 3.12. The summed E-state index contributed by atoms with van der Waals surface area (Å²) in [6.07, 6.45) is 0. The molecule has 8 heteroatoms. The van der Waals surface area contributed by atoms with E-state index in [0.29, 0.717) is 5.56 Å². The van der Waals surface area contributed by atoms with Gasteiger partial charge in [0.1, 0.15) is 17.5 Å². The first-order valence-electron chi connectivity index (χ1n) is 8.24. The standard InChI is InChI=1S/C19H20F3N3O2/c1-12(16-9-15(21)7-8-17(16)22)25(2)18(26)11-24-19(27)23-10-13-3-5-14(20)6-4-13/h3-9,12H,10-11H2,1-2H3,(H2,23,24,27). The number of amides is 3. The predicted molar refractivity (Wildman–Crippen MR) is 94.2 cm³/mol. The lowest BCUT2D eigenvalue weighted by atomic mass is 10.1. The molecule has 2 aromatic rings. The van der Waals surface area contributed by atoms with Crippen molar-refractivity contribution < 1.29 is 22.8 Å². The van der Waals surface area contributed by atoms with Crippen LogP contribution in [0.5, 0.6) is 0 Å². The van der Waals surface area contributed by atoms with Crippen LogP contribution in [-0.2, 0) is 11.3 Å². The highest BCUT2D eigenvalue weighted by molar-refractivity contribution is 5.84. The Morgan fingerprint density at radius 1 is 1.00 bits per heavy atom. The van der Waals surface area contributed by atoms with Crippen molar-refractivity contribution in [1.29, 1.82) is 0 Å². The van der Waals surface area contributed by atoms with Crippen molar-refractivity contribution in [3.05, 3.63) is 71.0 Å². The Morgan fingerprint density at radius 3 is 2.30 bits per heavy atom. The molecule has 27 heavy (non-hydrogen) atoms. The molecule has 0 saturated heterocycles. The average molecular weight is 379 g/mol. The molecule has 3 amide bonds. The summed E-state index contributed by atoms with van der Waals surface area (Å²) in [4.78, 5) is 25.2. The summed E-state index contributed by atoms with van der Waals surface area (Å²) in [7, 11) is 1.44. The highest BCUT2D eigenvalue weighted by atomic mass is 19.1. The molecule has 2 rings (SSSR count). The minimum Gasteiger partial charge on any atom is -0.337 e. The van der Waals surface area contributed by atoms with Crippen LogP contribution in [-0.4, -0.2) is 30.4 Å². The van der Waals surface area contributed by atoms with Crippen molar-refractivity contribution in [2.24, 2.45) is 0 Å². The Bertz CT molecular complexity index is 812. The van der Waals surface area contributed by atoms with E-state index in [1.54, 1.807) is 6.92 Å². The van der Waals surface area contributed by atoms with E-state index in [4.69, 9.17) is 0 Å². The van der Waals surface area contributed by atoms with Crippen molar-refractivity contribution in [1.82, 2.24) is 15.5 Å². The smallest absolute Gasteiger partial charge is 0.315 e. The van der Waals surface area contributed by atoms with Gasteiger partial charge in [0.15, 0.2) is 0 Å². The van der Waals surface area contributed by atoms with Crippen molar-refractivity contribution >= 4 is 11.9 Å². The summed E-state index contributed by atoms with van der Waals surface area (Å²) in [6, 6.07) is 7.37. The van der Waals surface area contributed by atoms with Gasteiger partial charge in [-0.25, -0.2) is 18.0 Å². The Balaban J connectivity index is 1.84. The zero-order valence-electron chi connectivity index (χ0n) is 14.9. The Morgan fingerprint density at radius 2 is 1.63 bits per heavy atom. The van der Waals surface area contributed by atoms with Gasteiger partial charge in [-0.2, -0.15) is 0 Å². The summed E-state index contributed by atoms with van der Waals surface area (Å²) in [5.74, 6) is -2.06. The van der Waals surface area contributed by atoms with Crippen LogP contribution in [0.25, 0.3) is 0 Å². The van der Waals surface area contributed by atoms with Crippen LogP contribution in [0.1, 0.15) is 24.1 Å². The molecule has 2 aromatic carbocycles. The maximum Gasteiger partial charge on any atom is 0.315 e. The van der Waals surface area contributed by atoms with Gasteiger partial charge in [0, 0.05) is 19.2 Å². The molecule has 0 aliphatic carbocycles. The van der Waals surface area contributed by atoms with E-state index in [0.717, 1.165) is 18.2 Å². The molecule has 2 N–H and O–H groups in total. The van der Waals surface area contributed by atoms with Crippen LogP contribution >= 0.6 is 0 Å². The number of urea groups is 1. The molecule has 0 spiro atoms. The number of nitrogens with zero attached hydrogens (tertiary/aromatic N) is 1. The lowest BCUT2D eigenvalue weighted by Crippen LogP contribution is -2.43. The Hall–Kier alpha value is -3.03. The second kappa shape index (κ2) is 9.07. The van der Waals surface area contributed by atoms with E-state index in [9.17, 15) is 22.8 Å². The van der Waals surface area contributed by atoms with Crippen molar-refractivity contribution in [2.45, 2.75) is 19.5 Å². The monoisotopic (exact) mass is 379 g/mol. The lowest BCUT2D eigenvalue weighted by molar-refractivity contribution is -0.130. The molecule has 0 radical (unpaired) electrons. The molecule has 0 heterocycles. The fourth-order valence-corrected chi connectivity index (χ4v) is 2.39. The number of carbonyl (C=O) groups excluding carboxylic acids is 2. The molecule has 1 atom stereocenters. The van der Waals surface area contributed by atoms with E-state index in [1.807, 2.05) is 0 Å². The van der Waals surface area contributed by atoms with E-state index < -0.39 is 29.6 Å². The Labute approximate surface area is 155 Å². The molecule has 0 aliphatic heterocycles. The summed E-state index contributed by atoms with van der Waals surface area (Å²) in [5, 5.41) is 4.93. The summed E-state index contributed by atoms with van der Waals surface area (Å²) in [5.41, 5.74) is 0.747. The highest BCUT2D eigenvalue weighted by Crippen LogP contribution is 2.22. The average Bonchev–Trinajstić information content (AvgIpc) is 2.66. The molecule has 144 valence electrons. The molecular weight excluding hydrogens is 359 g/mol. The number of carbonyl (C=O) groups is 2. The van der Waals surface area contributed by atoms with Crippen LogP contribution in [0.4, 0.5) is 18.0 Å². The molecule has 0 aromatic heterocycles. The van der Waals surface area contributed by atoms with Crippen LogP contribution in [0, 0.1) is 17.5 Å². The minimum atomic E-state index is -0.711. The van der Waals surface area contributed by atoms with Gasteiger partial charge in [-0.3, -0.25) is 4.79 Å². The quantitative estimate of drug-likeness (QED) is 0.810. The Kier molecular flexibility index (Phi) is 6.81. The minimum absolute atomic E-state index is 0.0478. The van der Waals surface area contributed by atoms with Gasteiger partial charge in [0.25, 0.3) is 0 Å². The third kappa shape index (κ3) is 5.73. The van der Waals surface area contributed by atoms with Crippen LogP contribution in [0.2, 0.25) is 0 Å². The third-order valence-electron chi connectivity index (χ3n) is 4.15. The SMILES string of the molecule is CC(c1cc(F)ccc1F)N(C)C(=O)CNC(=O)NCc1ccc(F)cc1. The van der Waals surface area contributed by atoms with Crippen molar-refractivity contribution in [3.8, 4) is 0 Å². The molecule has 0 saturated carbocycles. The third-order valence-corrected chi connectivity index (χ3v) is 4.15. The van der Waals surface area contributed by atoms with Crippen LogP contribution in [0.15, 0.2) is 42.5 Å². The van der Waals surface area contributed by atoms with E-state index in [1.165, 1.54) is 36.2 Å². The van der Waals surface area contributed by atoms with E-state index >= 15 is 0 Å². The molecule has 1 unspecified atom stereocenters. The van der Waals surface area contributed by atoms with Crippen LogP contribution in [0.3, 0.4) is 0 Å². The normalized spacial score (nSPS) is 11.6. The van der Waals surface area contributed by atoms with E-state index in [2.05, 4.69) is 10.6 Å². The number of rotatable bonds is 6. The lowest BCUT2D eigenvalue weighted by Gasteiger charge is -2.26. The fraction of sp³-hybridized carbons (Fsp3) is 0.263. The van der Waals surface area contributed by atoms with Gasteiger partial charge in [-0.05, 0) is 42.8 Å². The van der Waals surface area contributed by atoms with Crippen molar-refractivity contribution in [3.63, 3.8) is 0 Å². The van der Waals surface area contributed by atoms with E-state index in [-0.39, 0.29) is 24.5 Å². The number of benzene rings is 2. The molecule has 0 bridgehead atoms. The number of halogens is 3. The van der Waals surface area contributed by atoms with Gasteiger partial charge in [0.2, 0.25) is 5.91 Å².